The number of rotatable bonds is 3. The summed E-state index contributed by atoms with van der Waals surface area (Å²) in [6, 6.07) is 1.35. The van der Waals surface area contributed by atoms with E-state index in [2.05, 4.69) is 5.16 Å². The van der Waals surface area contributed by atoms with Gasteiger partial charge in [0.05, 0.1) is 26.3 Å². The van der Waals surface area contributed by atoms with E-state index >= 15 is 0 Å². The molecule has 8 heteroatoms. The fourth-order valence-corrected chi connectivity index (χ4v) is 1.59. The molecule has 8 nitrogen and oxygen atoms in total. The van der Waals surface area contributed by atoms with Crippen LogP contribution < -0.4 is 4.74 Å². The number of ether oxygens (including phenoxy) is 2. The topological polar surface area (TPSA) is 102 Å². The molecule has 0 spiro atoms. The van der Waals surface area contributed by atoms with E-state index in [0.29, 0.717) is 6.54 Å². The van der Waals surface area contributed by atoms with Gasteiger partial charge in [0.25, 0.3) is 11.8 Å². The van der Waals surface area contributed by atoms with Gasteiger partial charge >= 0.3 is 5.97 Å². The zero-order chi connectivity index (χ0) is 13.1. The Labute approximate surface area is 102 Å². The van der Waals surface area contributed by atoms with Gasteiger partial charge in [0.1, 0.15) is 0 Å². The molecule has 0 aliphatic carbocycles. The lowest BCUT2D eigenvalue weighted by Gasteiger charge is -2.29. The van der Waals surface area contributed by atoms with Crippen LogP contribution in [0.25, 0.3) is 0 Å². The molecule has 1 fully saturated rings. The lowest BCUT2D eigenvalue weighted by molar-refractivity contribution is -0.154. The van der Waals surface area contributed by atoms with Gasteiger partial charge in [0.2, 0.25) is 5.76 Å². The molecule has 1 saturated heterocycles. The number of carbonyl (C=O) groups excluding carboxylic acids is 1. The Bertz CT molecular complexity index is 457. The second-order valence-corrected chi connectivity index (χ2v) is 3.68. The van der Waals surface area contributed by atoms with Crippen LogP contribution in [-0.2, 0) is 9.53 Å². The van der Waals surface area contributed by atoms with Crippen LogP contribution in [0.15, 0.2) is 10.6 Å². The summed E-state index contributed by atoms with van der Waals surface area (Å²) in [6.07, 6.45) is -1.01. The fourth-order valence-electron chi connectivity index (χ4n) is 1.59. The van der Waals surface area contributed by atoms with Crippen LogP contribution in [0.1, 0.15) is 10.6 Å². The Morgan fingerprint density at radius 2 is 2.39 bits per heavy atom. The van der Waals surface area contributed by atoms with Crippen molar-refractivity contribution in [2.24, 2.45) is 0 Å². The van der Waals surface area contributed by atoms with Gasteiger partial charge in [-0.05, 0) is 5.16 Å². The summed E-state index contributed by atoms with van der Waals surface area (Å²) < 4.78 is 14.6. The van der Waals surface area contributed by atoms with Gasteiger partial charge in [-0.25, -0.2) is 4.79 Å². The summed E-state index contributed by atoms with van der Waals surface area (Å²) in [5.41, 5.74) is 0. The second kappa shape index (κ2) is 5.05. The largest absolute Gasteiger partial charge is 0.479 e. The molecule has 18 heavy (non-hydrogen) atoms. The van der Waals surface area contributed by atoms with Crippen molar-refractivity contribution >= 4 is 11.9 Å². The highest BCUT2D eigenvalue weighted by molar-refractivity contribution is 5.92. The number of carboxylic acids is 1. The number of aliphatic carboxylic acids is 1. The summed E-state index contributed by atoms with van der Waals surface area (Å²) in [4.78, 5) is 24.1. The number of hydrogen-bond donors (Lipinski definition) is 1. The van der Waals surface area contributed by atoms with Crippen LogP contribution in [0, 0.1) is 0 Å². The summed E-state index contributed by atoms with van der Waals surface area (Å²) in [5, 5.41) is 12.3. The third kappa shape index (κ3) is 2.43. The normalized spacial score (nSPS) is 19.6. The van der Waals surface area contributed by atoms with Gasteiger partial charge in [-0.3, -0.25) is 4.79 Å². The van der Waals surface area contributed by atoms with Crippen molar-refractivity contribution in [1.82, 2.24) is 10.1 Å². The minimum absolute atomic E-state index is 0.0119. The van der Waals surface area contributed by atoms with Crippen molar-refractivity contribution in [3.05, 3.63) is 11.8 Å². The van der Waals surface area contributed by atoms with Crippen molar-refractivity contribution in [3.63, 3.8) is 0 Å². The van der Waals surface area contributed by atoms with Gasteiger partial charge in [0.15, 0.2) is 6.10 Å². The summed E-state index contributed by atoms with van der Waals surface area (Å²) in [5.74, 6) is -1.32. The van der Waals surface area contributed by atoms with E-state index in [1.54, 1.807) is 0 Å². The molecule has 1 aliphatic rings. The molecule has 1 aromatic heterocycles. The number of amides is 1. The zero-order valence-corrected chi connectivity index (χ0v) is 9.66. The van der Waals surface area contributed by atoms with Crippen molar-refractivity contribution in [1.29, 1.82) is 0 Å². The lowest BCUT2D eigenvalue weighted by atomic mass is 10.2. The molecule has 1 atom stereocenters. The number of aromatic nitrogens is 1. The number of carbonyl (C=O) groups is 2. The molecule has 2 heterocycles. The average Bonchev–Trinajstić information content (AvgIpc) is 2.86. The molecule has 1 aliphatic heterocycles. The van der Waals surface area contributed by atoms with Gasteiger partial charge in [-0.1, -0.05) is 0 Å². The van der Waals surface area contributed by atoms with Crippen LogP contribution >= 0.6 is 0 Å². The molecule has 1 unspecified atom stereocenters. The highest BCUT2D eigenvalue weighted by Gasteiger charge is 2.31. The van der Waals surface area contributed by atoms with Crippen LogP contribution in [-0.4, -0.2) is 59.9 Å². The Kier molecular flexibility index (Phi) is 3.47. The zero-order valence-electron chi connectivity index (χ0n) is 9.66. The highest BCUT2D eigenvalue weighted by atomic mass is 16.5. The van der Waals surface area contributed by atoms with Crippen LogP contribution in [0.3, 0.4) is 0 Å². The summed E-state index contributed by atoms with van der Waals surface area (Å²) in [6.45, 7) is 0.469. The van der Waals surface area contributed by atoms with E-state index in [1.165, 1.54) is 18.1 Å². The smallest absolute Gasteiger partial charge is 0.334 e. The summed E-state index contributed by atoms with van der Waals surface area (Å²) >= 11 is 0. The average molecular weight is 256 g/mol. The van der Waals surface area contributed by atoms with Gasteiger partial charge in [-0.15, -0.1) is 0 Å². The highest BCUT2D eigenvalue weighted by Crippen LogP contribution is 2.15. The Morgan fingerprint density at radius 3 is 3.00 bits per heavy atom. The minimum atomic E-state index is -1.09. The maximum absolute atomic E-state index is 12.0. The molecule has 98 valence electrons. The van der Waals surface area contributed by atoms with E-state index in [0.717, 1.165) is 0 Å². The van der Waals surface area contributed by atoms with E-state index in [9.17, 15) is 9.59 Å². The maximum atomic E-state index is 12.0. The van der Waals surface area contributed by atoms with E-state index in [1.807, 2.05) is 0 Å². The molecule has 0 radical (unpaired) electrons. The minimum Gasteiger partial charge on any atom is -0.479 e. The molecule has 1 amide bonds. The quantitative estimate of drug-likeness (QED) is 0.785. The van der Waals surface area contributed by atoms with Crippen molar-refractivity contribution < 1.29 is 28.7 Å². The number of carboxylic acid groups (broad SMARTS) is 1. The number of morpholine rings is 1. The van der Waals surface area contributed by atoms with Crippen molar-refractivity contribution in [2.45, 2.75) is 6.10 Å². The van der Waals surface area contributed by atoms with E-state index in [-0.39, 0.29) is 24.8 Å². The van der Waals surface area contributed by atoms with Crippen LogP contribution in [0.5, 0.6) is 5.88 Å². The molecule has 2 rings (SSSR count). The Morgan fingerprint density at radius 1 is 1.61 bits per heavy atom. The van der Waals surface area contributed by atoms with Crippen molar-refractivity contribution in [2.75, 3.05) is 26.8 Å². The third-order valence-electron chi connectivity index (χ3n) is 2.54. The molecule has 0 saturated carbocycles. The van der Waals surface area contributed by atoms with E-state index in [4.69, 9.17) is 19.1 Å². The molecule has 0 aromatic carbocycles. The Balaban J connectivity index is 2.06. The molecule has 1 N–H and O–H groups in total. The predicted molar refractivity (Wildman–Crippen MR) is 56.3 cm³/mol. The van der Waals surface area contributed by atoms with Crippen LogP contribution in [0.2, 0.25) is 0 Å². The fraction of sp³-hybridized carbons (Fsp3) is 0.500. The van der Waals surface area contributed by atoms with Gasteiger partial charge in [0, 0.05) is 6.54 Å². The van der Waals surface area contributed by atoms with Gasteiger partial charge in [-0.2, -0.15) is 0 Å². The molecular weight excluding hydrogens is 244 g/mol. The standard InChI is InChI=1S/C10H12N2O6/c1-16-8-4-6(18-11-8)9(13)12-2-3-17-7(5-12)10(14)15/h4,7H,2-3,5H2,1H3,(H,14,15). The first-order valence-electron chi connectivity index (χ1n) is 5.26. The number of methoxy groups -OCH3 is 1. The Hall–Kier alpha value is -2.09. The molecular formula is C10H12N2O6. The monoisotopic (exact) mass is 256 g/mol. The first-order valence-corrected chi connectivity index (χ1v) is 5.26. The third-order valence-corrected chi connectivity index (χ3v) is 2.54. The maximum Gasteiger partial charge on any atom is 0.334 e. The molecule has 1 aromatic rings. The first kappa shape index (κ1) is 12.4. The molecule has 0 bridgehead atoms. The second-order valence-electron chi connectivity index (χ2n) is 3.68. The number of nitrogens with zero attached hydrogens (tertiary/aromatic N) is 2. The summed E-state index contributed by atoms with van der Waals surface area (Å²) in [7, 11) is 1.40. The van der Waals surface area contributed by atoms with Gasteiger partial charge < -0.3 is 24.0 Å². The first-order chi connectivity index (χ1) is 8.61. The van der Waals surface area contributed by atoms with E-state index < -0.39 is 18.0 Å². The number of hydrogen-bond acceptors (Lipinski definition) is 6. The van der Waals surface area contributed by atoms with Crippen molar-refractivity contribution in [3.8, 4) is 5.88 Å². The lowest BCUT2D eigenvalue weighted by Crippen LogP contribution is -2.48. The van der Waals surface area contributed by atoms with Crippen LogP contribution in [0.4, 0.5) is 0 Å². The SMILES string of the molecule is COc1cc(C(=O)N2CCOC(C(=O)O)C2)on1. The predicted octanol–water partition coefficient (Wildman–Crippen LogP) is -0.391.